The largest absolute Gasteiger partial charge is 0.353 e. The van der Waals surface area contributed by atoms with Crippen LogP contribution in [0.5, 0.6) is 0 Å². The molecule has 4 heteroatoms. The molecule has 1 unspecified atom stereocenters. The number of nitrogens with zero attached hydrogens (tertiary/aromatic N) is 1. The van der Waals surface area contributed by atoms with Crippen LogP contribution in [0, 0.1) is 5.92 Å². The summed E-state index contributed by atoms with van der Waals surface area (Å²) in [5.41, 5.74) is 0. The second kappa shape index (κ2) is 6.21. The minimum atomic E-state index is 0.000845. The van der Waals surface area contributed by atoms with E-state index < -0.39 is 0 Å². The number of hydrogen-bond donors (Lipinski definition) is 2. The van der Waals surface area contributed by atoms with Crippen LogP contribution < -0.4 is 10.6 Å². The number of nitrogens with one attached hydrogen (secondary N) is 2. The van der Waals surface area contributed by atoms with Crippen molar-refractivity contribution >= 4 is 5.91 Å². The zero-order valence-corrected chi connectivity index (χ0v) is 10.9. The Morgan fingerprint density at radius 1 is 1.44 bits per heavy atom. The van der Waals surface area contributed by atoms with Gasteiger partial charge in [-0.05, 0) is 39.4 Å². The summed E-state index contributed by atoms with van der Waals surface area (Å²) >= 11 is 0. The summed E-state index contributed by atoms with van der Waals surface area (Å²) in [4.78, 5) is 13.8. The highest BCUT2D eigenvalue weighted by Crippen LogP contribution is 2.09. The van der Waals surface area contributed by atoms with E-state index in [4.69, 9.17) is 0 Å². The first kappa shape index (κ1) is 13.5. The van der Waals surface area contributed by atoms with Gasteiger partial charge in [-0.25, -0.2) is 0 Å². The molecule has 1 heterocycles. The SMILES string of the molecule is CC(C)C[C@H]1NC(CCN(C)C)CNC1=O. The lowest BCUT2D eigenvalue weighted by atomic mass is 9.99. The molecule has 1 rings (SSSR count). The Bertz CT molecular complexity index is 228. The predicted octanol–water partition coefficient (Wildman–Crippen LogP) is 0.441. The highest BCUT2D eigenvalue weighted by Gasteiger charge is 2.27. The molecule has 1 aliphatic heterocycles. The van der Waals surface area contributed by atoms with E-state index in [2.05, 4.69) is 43.5 Å². The molecular weight excluding hydrogens is 202 g/mol. The van der Waals surface area contributed by atoms with Crippen molar-refractivity contribution < 1.29 is 4.79 Å². The Kier molecular flexibility index (Phi) is 5.22. The average Bonchev–Trinajstić information content (AvgIpc) is 2.18. The quantitative estimate of drug-likeness (QED) is 0.716. The maximum absolute atomic E-state index is 11.6. The number of amides is 1. The van der Waals surface area contributed by atoms with Crippen molar-refractivity contribution in [3.05, 3.63) is 0 Å². The molecule has 2 N–H and O–H groups in total. The van der Waals surface area contributed by atoms with Crippen molar-refractivity contribution in [3.63, 3.8) is 0 Å². The second-order valence-electron chi connectivity index (χ2n) is 5.38. The number of piperazine rings is 1. The van der Waals surface area contributed by atoms with E-state index in [1.54, 1.807) is 0 Å². The Balaban J connectivity index is 2.37. The van der Waals surface area contributed by atoms with Gasteiger partial charge >= 0.3 is 0 Å². The molecule has 2 atom stereocenters. The molecule has 0 aliphatic carbocycles. The summed E-state index contributed by atoms with van der Waals surface area (Å²) < 4.78 is 0. The predicted molar refractivity (Wildman–Crippen MR) is 66.3 cm³/mol. The van der Waals surface area contributed by atoms with Gasteiger partial charge in [0.05, 0.1) is 6.04 Å². The van der Waals surface area contributed by atoms with E-state index in [-0.39, 0.29) is 11.9 Å². The van der Waals surface area contributed by atoms with Gasteiger partial charge in [0.25, 0.3) is 0 Å². The normalized spacial score (nSPS) is 26.2. The minimum absolute atomic E-state index is 0.000845. The van der Waals surface area contributed by atoms with Gasteiger partial charge in [-0.1, -0.05) is 13.8 Å². The van der Waals surface area contributed by atoms with Gasteiger partial charge in [-0.15, -0.1) is 0 Å². The van der Waals surface area contributed by atoms with Crippen molar-refractivity contribution in [3.8, 4) is 0 Å². The molecule has 94 valence electrons. The Morgan fingerprint density at radius 3 is 2.69 bits per heavy atom. The van der Waals surface area contributed by atoms with Crippen LogP contribution in [0.1, 0.15) is 26.7 Å². The maximum atomic E-state index is 11.6. The lowest BCUT2D eigenvalue weighted by Gasteiger charge is -2.32. The monoisotopic (exact) mass is 227 g/mol. The van der Waals surface area contributed by atoms with Crippen molar-refractivity contribution in [1.82, 2.24) is 15.5 Å². The smallest absolute Gasteiger partial charge is 0.237 e. The van der Waals surface area contributed by atoms with Gasteiger partial charge in [0.15, 0.2) is 0 Å². The molecular formula is C12H25N3O. The fourth-order valence-corrected chi connectivity index (χ4v) is 2.01. The van der Waals surface area contributed by atoms with Gasteiger partial charge in [-0.3, -0.25) is 4.79 Å². The zero-order chi connectivity index (χ0) is 12.1. The first-order valence-electron chi connectivity index (χ1n) is 6.17. The van der Waals surface area contributed by atoms with Gasteiger partial charge in [-0.2, -0.15) is 0 Å². The minimum Gasteiger partial charge on any atom is -0.353 e. The summed E-state index contributed by atoms with van der Waals surface area (Å²) in [5, 5.41) is 6.44. The lowest BCUT2D eigenvalue weighted by molar-refractivity contribution is -0.125. The molecule has 1 aliphatic rings. The molecule has 0 aromatic carbocycles. The molecule has 1 amide bonds. The standard InChI is InChI=1S/C12H25N3O/c1-9(2)7-11-12(16)13-8-10(14-11)5-6-15(3)4/h9-11,14H,5-8H2,1-4H3,(H,13,16)/t10?,11-/m1/s1. The van der Waals surface area contributed by atoms with Crippen LogP contribution in [0.2, 0.25) is 0 Å². The molecule has 0 saturated carbocycles. The van der Waals surface area contributed by atoms with Crippen LogP contribution in [0.15, 0.2) is 0 Å². The Morgan fingerprint density at radius 2 is 2.12 bits per heavy atom. The Hall–Kier alpha value is -0.610. The van der Waals surface area contributed by atoms with E-state index in [1.807, 2.05) is 0 Å². The number of carbonyl (C=O) groups excluding carboxylic acids is 1. The van der Waals surface area contributed by atoms with E-state index >= 15 is 0 Å². The average molecular weight is 227 g/mol. The van der Waals surface area contributed by atoms with Gasteiger partial charge in [0.1, 0.15) is 0 Å². The van der Waals surface area contributed by atoms with Crippen LogP contribution in [0.3, 0.4) is 0 Å². The zero-order valence-electron chi connectivity index (χ0n) is 10.9. The molecule has 4 nitrogen and oxygen atoms in total. The maximum Gasteiger partial charge on any atom is 0.237 e. The number of carbonyl (C=O) groups is 1. The summed E-state index contributed by atoms with van der Waals surface area (Å²) in [7, 11) is 4.15. The molecule has 0 spiro atoms. The van der Waals surface area contributed by atoms with E-state index in [9.17, 15) is 4.79 Å². The second-order valence-corrected chi connectivity index (χ2v) is 5.38. The molecule has 0 aromatic rings. The van der Waals surface area contributed by atoms with Crippen molar-refractivity contribution in [1.29, 1.82) is 0 Å². The topological polar surface area (TPSA) is 44.4 Å². The summed E-state index contributed by atoms with van der Waals surface area (Å²) in [5.74, 6) is 0.714. The molecule has 1 fully saturated rings. The van der Waals surface area contributed by atoms with Crippen LogP contribution >= 0.6 is 0 Å². The lowest BCUT2D eigenvalue weighted by Crippen LogP contribution is -2.59. The van der Waals surface area contributed by atoms with Crippen molar-refractivity contribution in [2.75, 3.05) is 27.2 Å². The van der Waals surface area contributed by atoms with Crippen LogP contribution in [0.25, 0.3) is 0 Å². The number of hydrogen-bond acceptors (Lipinski definition) is 3. The summed E-state index contributed by atoms with van der Waals surface area (Å²) in [6.07, 6.45) is 2.01. The molecule has 0 aromatic heterocycles. The van der Waals surface area contributed by atoms with Crippen molar-refractivity contribution in [2.45, 2.75) is 38.8 Å². The van der Waals surface area contributed by atoms with E-state index in [0.717, 1.165) is 25.9 Å². The number of rotatable bonds is 5. The molecule has 16 heavy (non-hydrogen) atoms. The third-order valence-corrected chi connectivity index (χ3v) is 2.91. The summed E-state index contributed by atoms with van der Waals surface area (Å²) in [6, 6.07) is 0.421. The van der Waals surface area contributed by atoms with Crippen LogP contribution in [-0.2, 0) is 4.79 Å². The third-order valence-electron chi connectivity index (χ3n) is 2.91. The Labute approximate surface area is 98.8 Å². The summed E-state index contributed by atoms with van der Waals surface area (Å²) in [6.45, 7) is 6.12. The highest BCUT2D eigenvalue weighted by molar-refractivity contribution is 5.82. The van der Waals surface area contributed by atoms with Crippen LogP contribution in [0.4, 0.5) is 0 Å². The molecule has 0 bridgehead atoms. The third kappa shape index (κ3) is 4.49. The van der Waals surface area contributed by atoms with Gasteiger partial charge in [0.2, 0.25) is 5.91 Å². The first-order chi connectivity index (χ1) is 7.49. The first-order valence-corrected chi connectivity index (χ1v) is 6.17. The van der Waals surface area contributed by atoms with E-state index in [0.29, 0.717) is 12.0 Å². The molecule has 1 saturated heterocycles. The fourth-order valence-electron chi connectivity index (χ4n) is 2.01. The van der Waals surface area contributed by atoms with Crippen molar-refractivity contribution in [2.24, 2.45) is 5.92 Å². The fraction of sp³-hybridized carbons (Fsp3) is 0.917. The van der Waals surface area contributed by atoms with Gasteiger partial charge < -0.3 is 15.5 Å². The van der Waals surface area contributed by atoms with Crippen LogP contribution in [-0.4, -0.2) is 50.1 Å². The highest BCUT2D eigenvalue weighted by atomic mass is 16.2. The van der Waals surface area contributed by atoms with E-state index in [1.165, 1.54) is 0 Å². The van der Waals surface area contributed by atoms with Gasteiger partial charge in [0, 0.05) is 12.6 Å². The molecule has 0 radical (unpaired) electrons.